The molecule has 5 unspecified atom stereocenters. The first kappa shape index (κ1) is 28.5. The molecule has 13 heteroatoms. The Bertz CT molecular complexity index is 580. The van der Waals surface area contributed by atoms with Gasteiger partial charge in [-0.2, -0.15) is 23.5 Å². The second-order valence-electron chi connectivity index (χ2n) is 6.54. The van der Waals surface area contributed by atoms with Crippen molar-refractivity contribution in [1.29, 1.82) is 0 Å². The maximum Gasteiger partial charge on any atom is 0.326 e. The number of carbonyl (C=O) groups excluding carboxylic acids is 3. The molecule has 0 spiro atoms. The monoisotopic (exact) mass is 468 g/mol. The summed E-state index contributed by atoms with van der Waals surface area (Å²) in [5, 5.41) is 35.3. The van der Waals surface area contributed by atoms with Crippen molar-refractivity contribution in [3.63, 3.8) is 0 Å². The molecule has 174 valence electrons. The van der Waals surface area contributed by atoms with E-state index in [4.69, 9.17) is 10.8 Å². The van der Waals surface area contributed by atoms with Gasteiger partial charge in [-0.25, -0.2) is 4.79 Å². The maximum absolute atomic E-state index is 12.7. The summed E-state index contributed by atoms with van der Waals surface area (Å²) < 4.78 is 0. The van der Waals surface area contributed by atoms with Crippen LogP contribution in [0.3, 0.4) is 0 Å². The SMILES string of the molecule is CSCCC(NC(=O)C(NC(=O)C(CCSC)NC(=O)C(N)CO)C(C)O)C(=O)O. The summed E-state index contributed by atoms with van der Waals surface area (Å²) in [5.41, 5.74) is 5.45. The van der Waals surface area contributed by atoms with E-state index in [1.165, 1.54) is 30.4 Å². The van der Waals surface area contributed by atoms with Gasteiger partial charge in [-0.15, -0.1) is 0 Å². The molecule has 0 saturated carbocycles. The van der Waals surface area contributed by atoms with Crippen LogP contribution in [0.1, 0.15) is 19.8 Å². The first-order chi connectivity index (χ1) is 14.1. The van der Waals surface area contributed by atoms with E-state index in [1.807, 2.05) is 6.26 Å². The highest BCUT2D eigenvalue weighted by molar-refractivity contribution is 7.98. The molecule has 0 rings (SSSR count). The summed E-state index contributed by atoms with van der Waals surface area (Å²) in [6.45, 7) is 0.674. The fourth-order valence-electron chi connectivity index (χ4n) is 2.28. The molecule has 0 aliphatic carbocycles. The summed E-state index contributed by atoms with van der Waals surface area (Å²) in [4.78, 5) is 48.5. The minimum Gasteiger partial charge on any atom is -0.480 e. The fraction of sp³-hybridized carbons (Fsp3) is 0.765. The van der Waals surface area contributed by atoms with Gasteiger partial charge >= 0.3 is 5.97 Å². The molecule has 0 fully saturated rings. The summed E-state index contributed by atoms with van der Waals surface area (Å²) in [6, 6.07) is -4.85. The van der Waals surface area contributed by atoms with Crippen molar-refractivity contribution in [1.82, 2.24) is 16.0 Å². The number of carboxylic acids is 1. The molecular formula is C17H32N4O7S2. The van der Waals surface area contributed by atoms with Crippen molar-refractivity contribution in [3.8, 4) is 0 Å². The molecule has 0 aliphatic heterocycles. The predicted molar refractivity (Wildman–Crippen MR) is 116 cm³/mol. The van der Waals surface area contributed by atoms with Gasteiger partial charge in [0.1, 0.15) is 24.2 Å². The lowest BCUT2D eigenvalue weighted by Crippen LogP contribution is -2.60. The number of amides is 3. The second kappa shape index (κ2) is 15.3. The van der Waals surface area contributed by atoms with E-state index >= 15 is 0 Å². The molecular weight excluding hydrogens is 436 g/mol. The fourth-order valence-corrected chi connectivity index (χ4v) is 3.22. The van der Waals surface area contributed by atoms with Crippen molar-refractivity contribution in [3.05, 3.63) is 0 Å². The third-order valence-electron chi connectivity index (χ3n) is 4.06. The summed E-state index contributed by atoms with van der Waals surface area (Å²) in [6.07, 6.45) is 2.68. The van der Waals surface area contributed by atoms with E-state index < -0.39 is 60.6 Å². The van der Waals surface area contributed by atoms with Gasteiger partial charge in [0.25, 0.3) is 0 Å². The van der Waals surface area contributed by atoms with Gasteiger partial charge in [0, 0.05) is 0 Å². The Kier molecular flexibility index (Phi) is 14.5. The van der Waals surface area contributed by atoms with Crippen LogP contribution in [0.15, 0.2) is 0 Å². The Morgan fingerprint density at radius 2 is 1.40 bits per heavy atom. The van der Waals surface area contributed by atoms with E-state index in [-0.39, 0.29) is 12.8 Å². The Balaban J connectivity index is 5.28. The number of carboxylic acid groups (broad SMARTS) is 1. The van der Waals surface area contributed by atoms with Crippen LogP contribution in [-0.4, -0.2) is 99.9 Å². The summed E-state index contributed by atoms with van der Waals surface area (Å²) in [5.74, 6) is -2.55. The minimum atomic E-state index is -1.42. The van der Waals surface area contributed by atoms with Crippen LogP contribution in [0.25, 0.3) is 0 Å². The van der Waals surface area contributed by atoms with E-state index in [0.29, 0.717) is 11.5 Å². The molecule has 8 N–H and O–H groups in total. The average molecular weight is 469 g/mol. The van der Waals surface area contributed by atoms with E-state index in [1.54, 1.807) is 6.26 Å². The van der Waals surface area contributed by atoms with Gasteiger partial charge in [-0.1, -0.05) is 0 Å². The second-order valence-corrected chi connectivity index (χ2v) is 8.51. The first-order valence-corrected chi connectivity index (χ1v) is 12.0. The van der Waals surface area contributed by atoms with Gasteiger partial charge in [-0.05, 0) is 43.8 Å². The van der Waals surface area contributed by atoms with Crippen molar-refractivity contribution in [2.45, 2.75) is 50.0 Å². The number of rotatable bonds is 15. The lowest BCUT2D eigenvalue weighted by molar-refractivity contribution is -0.143. The third-order valence-corrected chi connectivity index (χ3v) is 5.35. The predicted octanol–water partition coefficient (Wildman–Crippen LogP) is -2.27. The van der Waals surface area contributed by atoms with E-state index in [9.17, 15) is 29.4 Å². The molecule has 11 nitrogen and oxygen atoms in total. The summed E-state index contributed by atoms with van der Waals surface area (Å²) >= 11 is 2.85. The number of aliphatic hydroxyl groups is 2. The normalized spacial score (nSPS) is 15.9. The van der Waals surface area contributed by atoms with Gasteiger partial charge in [0.15, 0.2) is 0 Å². The number of nitrogens with two attached hydrogens (primary N) is 1. The molecule has 0 bridgehead atoms. The van der Waals surface area contributed by atoms with Crippen molar-refractivity contribution >= 4 is 47.2 Å². The Morgan fingerprint density at radius 1 is 0.900 bits per heavy atom. The molecule has 0 radical (unpaired) electrons. The lowest BCUT2D eigenvalue weighted by Gasteiger charge is -2.26. The highest BCUT2D eigenvalue weighted by Crippen LogP contribution is 2.05. The van der Waals surface area contributed by atoms with E-state index in [2.05, 4.69) is 16.0 Å². The minimum absolute atomic E-state index is 0.175. The first-order valence-electron chi connectivity index (χ1n) is 9.25. The van der Waals surface area contributed by atoms with Crippen molar-refractivity contribution < 1.29 is 34.5 Å². The number of aliphatic carboxylic acids is 1. The zero-order valence-corrected chi connectivity index (χ0v) is 18.9. The van der Waals surface area contributed by atoms with Gasteiger partial charge < -0.3 is 37.0 Å². The Labute approximate surface area is 184 Å². The smallest absolute Gasteiger partial charge is 0.326 e. The van der Waals surface area contributed by atoms with Gasteiger partial charge in [0.2, 0.25) is 17.7 Å². The van der Waals surface area contributed by atoms with Gasteiger partial charge in [-0.3, -0.25) is 14.4 Å². The molecule has 0 aromatic heterocycles. The molecule has 0 aromatic rings. The topological polar surface area (TPSA) is 191 Å². The highest BCUT2D eigenvalue weighted by atomic mass is 32.2. The Hall–Kier alpha value is -1.54. The number of nitrogens with one attached hydrogen (secondary N) is 3. The quantitative estimate of drug-likeness (QED) is 0.138. The standard InChI is InChI=1S/C17H32N4O7S2/c1-9(23)13(16(26)20-12(17(27)28)5-7-30-3)21-15(25)11(4-6-29-2)19-14(24)10(18)8-22/h9-13,22-23H,4-8,18H2,1-3H3,(H,19,24)(H,20,26)(H,21,25)(H,27,28). The lowest BCUT2D eigenvalue weighted by atomic mass is 10.1. The van der Waals surface area contributed by atoms with Gasteiger partial charge in [0.05, 0.1) is 12.7 Å². The Morgan fingerprint density at radius 3 is 1.83 bits per heavy atom. The largest absolute Gasteiger partial charge is 0.480 e. The number of carbonyl (C=O) groups is 4. The van der Waals surface area contributed by atoms with Crippen molar-refractivity contribution in [2.24, 2.45) is 5.73 Å². The molecule has 3 amide bonds. The third kappa shape index (κ3) is 10.5. The highest BCUT2D eigenvalue weighted by Gasteiger charge is 2.32. The number of thioether (sulfide) groups is 2. The van der Waals surface area contributed by atoms with Crippen LogP contribution in [-0.2, 0) is 19.2 Å². The molecule has 0 aliphatic rings. The number of hydrogen-bond acceptors (Lipinski definition) is 9. The average Bonchev–Trinajstić information content (AvgIpc) is 2.70. The molecule has 5 atom stereocenters. The molecule has 0 aromatic carbocycles. The number of aliphatic hydroxyl groups excluding tert-OH is 2. The molecule has 0 saturated heterocycles. The van der Waals surface area contributed by atoms with Crippen LogP contribution in [0.5, 0.6) is 0 Å². The van der Waals surface area contributed by atoms with Crippen LogP contribution in [0.2, 0.25) is 0 Å². The number of hydrogen-bond donors (Lipinski definition) is 7. The zero-order valence-electron chi connectivity index (χ0n) is 17.3. The van der Waals surface area contributed by atoms with Crippen LogP contribution in [0, 0.1) is 0 Å². The molecule has 0 heterocycles. The maximum atomic E-state index is 12.7. The van der Waals surface area contributed by atoms with Crippen LogP contribution < -0.4 is 21.7 Å². The summed E-state index contributed by atoms with van der Waals surface area (Å²) in [7, 11) is 0. The van der Waals surface area contributed by atoms with E-state index in [0.717, 1.165) is 0 Å². The van der Waals surface area contributed by atoms with Crippen LogP contribution in [0.4, 0.5) is 0 Å². The van der Waals surface area contributed by atoms with Crippen molar-refractivity contribution in [2.75, 3.05) is 30.6 Å². The zero-order chi connectivity index (χ0) is 23.3. The van der Waals surface area contributed by atoms with Crippen LogP contribution >= 0.6 is 23.5 Å². The molecule has 30 heavy (non-hydrogen) atoms.